The molecule has 0 fully saturated rings. The van der Waals surface area contributed by atoms with Gasteiger partial charge in [-0.05, 0) is 31.0 Å². The molecule has 0 bridgehead atoms. The van der Waals surface area contributed by atoms with Crippen LogP contribution < -0.4 is 5.32 Å². The molecule has 0 aliphatic carbocycles. The molecule has 0 saturated heterocycles. The lowest BCUT2D eigenvalue weighted by atomic mass is 10.1. The van der Waals surface area contributed by atoms with Gasteiger partial charge in [0, 0.05) is 11.8 Å². The molecular formula is C15H21NO5S. The fourth-order valence-corrected chi connectivity index (χ4v) is 2.63. The summed E-state index contributed by atoms with van der Waals surface area (Å²) in [6.45, 7) is 3.60. The van der Waals surface area contributed by atoms with Gasteiger partial charge in [-0.3, -0.25) is 4.79 Å². The Morgan fingerprint density at radius 1 is 1.32 bits per heavy atom. The zero-order valence-electron chi connectivity index (χ0n) is 12.9. The highest BCUT2D eigenvalue weighted by Gasteiger charge is 2.22. The van der Waals surface area contributed by atoms with E-state index in [1.165, 1.54) is 18.2 Å². The number of carbonyl (C=O) groups is 2. The van der Waals surface area contributed by atoms with Gasteiger partial charge < -0.3 is 10.4 Å². The molecule has 1 unspecified atom stereocenters. The quantitative estimate of drug-likeness (QED) is 0.795. The number of aryl methyl sites for hydroxylation is 1. The Labute approximate surface area is 130 Å². The summed E-state index contributed by atoms with van der Waals surface area (Å²) >= 11 is 0. The molecule has 0 spiro atoms. The molecule has 2 N–H and O–H groups in total. The molecule has 1 atom stereocenters. The number of carboxylic acid groups (broad SMARTS) is 1. The van der Waals surface area contributed by atoms with Crippen LogP contribution in [0.15, 0.2) is 23.1 Å². The number of hydrogen-bond acceptors (Lipinski definition) is 4. The van der Waals surface area contributed by atoms with Crippen LogP contribution in [0.25, 0.3) is 0 Å². The predicted molar refractivity (Wildman–Crippen MR) is 82.7 cm³/mol. The molecule has 0 saturated carbocycles. The number of benzene rings is 1. The van der Waals surface area contributed by atoms with Crippen LogP contribution in [0, 0.1) is 6.92 Å². The molecule has 7 heteroatoms. The maximum absolute atomic E-state index is 12.3. The molecule has 0 aliphatic heterocycles. The van der Waals surface area contributed by atoms with Gasteiger partial charge in [0.05, 0.1) is 4.90 Å². The number of rotatable bonds is 7. The van der Waals surface area contributed by atoms with Gasteiger partial charge in [-0.15, -0.1) is 0 Å². The Morgan fingerprint density at radius 3 is 2.45 bits per heavy atom. The van der Waals surface area contributed by atoms with E-state index in [0.717, 1.165) is 12.7 Å². The molecular weight excluding hydrogens is 306 g/mol. The van der Waals surface area contributed by atoms with E-state index in [1.54, 1.807) is 6.92 Å². The Balaban J connectivity index is 3.04. The summed E-state index contributed by atoms with van der Waals surface area (Å²) in [6.07, 6.45) is 2.89. The van der Waals surface area contributed by atoms with E-state index in [0.29, 0.717) is 18.4 Å². The second-order valence-corrected chi connectivity index (χ2v) is 7.27. The first-order chi connectivity index (χ1) is 10.2. The Kier molecular flexibility index (Phi) is 6.11. The molecule has 1 rings (SSSR count). The summed E-state index contributed by atoms with van der Waals surface area (Å²) in [5, 5.41) is 11.6. The van der Waals surface area contributed by atoms with E-state index >= 15 is 0 Å². The third-order valence-corrected chi connectivity index (χ3v) is 4.44. The lowest BCUT2D eigenvalue weighted by molar-refractivity contribution is -0.139. The van der Waals surface area contributed by atoms with E-state index in [-0.39, 0.29) is 10.5 Å². The van der Waals surface area contributed by atoms with Crippen molar-refractivity contribution >= 4 is 21.7 Å². The zero-order valence-corrected chi connectivity index (χ0v) is 13.7. The third-order valence-electron chi connectivity index (χ3n) is 3.33. The Bertz CT molecular complexity index is 667. The molecule has 1 amide bonds. The second-order valence-electron chi connectivity index (χ2n) is 5.26. The van der Waals surface area contributed by atoms with Gasteiger partial charge in [0.15, 0.2) is 9.84 Å². The maximum atomic E-state index is 12.3. The normalized spacial score (nSPS) is 12.7. The third kappa shape index (κ3) is 4.84. The molecule has 122 valence electrons. The van der Waals surface area contributed by atoms with Crippen molar-refractivity contribution in [2.45, 2.75) is 44.0 Å². The summed E-state index contributed by atoms with van der Waals surface area (Å²) in [4.78, 5) is 23.5. The minimum Gasteiger partial charge on any atom is -0.480 e. The highest BCUT2D eigenvalue weighted by atomic mass is 32.2. The van der Waals surface area contributed by atoms with Crippen molar-refractivity contribution in [2.24, 2.45) is 0 Å². The summed E-state index contributed by atoms with van der Waals surface area (Å²) in [6, 6.07) is 3.26. The minimum atomic E-state index is -3.43. The van der Waals surface area contributed by atoms with Gasteiger partial charge in [0.1, 0.15) is 6.04 Å². The fraction of sp³-hybridized carbons (Fsp3) is 0.467. The van der Waals surface area contributed by atoms with Crippen molar-refractivity contribution < 1.29 is 23.1 Å². The standard InChI is InChI=1S/C15H21NO5S/c1-4-5-6-13(15(18)19)16-14(17)12-9-11(22(3,20)21)8-7-10(12)2/h7-9,13H,4-6H2,1-3H3,(H,16,17)(H,18,19). The molecule has 22 heavy (non-hydrogen) atoms. The van der Waals surface area contributed by atoms with Crippen LogP contribution >= 0.6 is 0 Å². The van der Waals surface area contributed by atoms with Crippen LogP contribution in [-0.4, -0.2) is 37.7 Å². The fourth-order valence-electron chi connectivity index (χ4n) is 1.98. The van der Waals surface area contributed by atoms with E-state index < -0.39 is 27.8 Å². The smallest absolute Gasteiger partial charge is 0.326 e. The maximum Gasteiger partial charge on any atom is 0.326 e. The molecule has 0 radical (unpaired) electrons. The number of amides is 1. The number of carboxylic acids is 1. The summed E-state index contributed by atoms with van der Waals surface area (Å²) in [7, 11) is -3.43. The van der Waals surface area contributed by atoms with E-state index in [9.17, 15) is 18.0 Å². The first-order valence-corrected chi connectivity index (χ1v) is 8.90. The van der Waals surface area contributed by atoms with Crippen LogP contribution in [0.2, 0.25) is 0 Å². The minimum absolute atomic E-state index is 0.0312. The van der Waals surface area contributed by atoms with Gasteiger partial charge in [-0.2, -0.15) is 0 Å². The Morgan fingerprint density at radius 2 is 1.95 bits per heavy atom. The second kappa shape index (κ2) is 7.40. The van der Waals surface area contributed by atoms with Gasteiger partial charge >= 0.3 is 5.97 Å². The van der Waals surface area contributed by atoms with Crippen LogP contribution in [0.1, 0.15) is 42.1 Å². The highest BCUT2D eigenvalue weighted by Crippen LogP contribution is 2.16. The van der Waals surface area contributed by atoms with Crippen molar-refractivity contribution in [2.75, 3.05) is 6.26 Å². The molecule has 1 aromatic carbocycles. The average molecular weight is 327 g/mol. The summed E-state index contributed by atoms with van der Waals surface area (Å²) < 4.78 is 23.1. The molecule has 6 nitrogen and oxygen atoms in total. The van der Waals surface area contributed by atoms with E-state index in [4.69, 9.17) is 5.11 Å². The van der Waals surface area contributed by atoms with Gasteiger partial charge in [0.25, 0.3) is 5.91 Å². The van der Waals surface area contributed by atoms with Crippen molar-refractivity contribution in [3.05, 3.63) is 29.3 Å². The van der Waals surface area contributed by atoms with Gasteiger partial charge in [0.2, 0.25) is 0 Å². The summed E-state index contributed by atoms with van der Waals surface area (Å²) in [5.41, 5.74) is 0.759. The van der Waals surface area contributed by atoms with Crippen LogP contribution in [-0.2, 0) is 14.6 Å². The van der Waals surface area contributed by atoms with Gasteiger partial charge in [-0.25, -0.2) is 13.2 Å². The van der Waals surface area contributed by atoms with E-state index in [1.807, 2.05) is 6.92 Å². The number of aliphatic carboxylic acids is 1. The SMILES string of the molecule is CCCCC(NC(=O)c1cc(S(C)(=O)=O)ccc1C)C(=O)O. The van der Waals surface area contributed by atoms with Crippen molar-refractivity contribution in [3.63, 3.8) is 0 Å². The average Bonchev–Trinajstić information content (AvgIpc) is 2.42. The molecule has 0 aliphatic rings. The largest absolute Gasteiger partial charge is 0.480 e. The molecule has 1 aromatic rings. The molecule has 0 aromatic heterocycles. The van der Waals surface area contributed by atoms with Crippen LogP contribution in [0.3, 0.4) is 0 Å². The number of nitrogens with one attached hydrogen (secondary N) is 1. The van der Waals surface area contributed by atoms with Crippen LogP contribution in [0.4, 0.5) is 0 Å². The van der Waals surface area contributed by atoms with Crippen LogP contribution in [0.5, 0.6) is 0 Å². The lowest BCUT2D eigenvalue weighted by Crippen LogP contribution is -2.41. The number of sulfone groups is 1. The number of hydrogen-bond donors (Lipinski definition) is 2. The first-order valence-electron chi connectivity index (χ1n) is 7.01. The Hall–Kier alpha value is -1.89. The summed E-state index contributed by atoms with van der Waals surface area (Å²) in [5.74, 6) is -1.68. The number of carbonyl (C=O) groups excluding carboxylic acids is 1. The van der Waals surface area contributed by atoms with Crippen molar-refractivity contribution in [1.29, 1.82) is 0 Å². The van der Waals surface area contributed by atoms with Gasteiger partial charge in [-0.1, -0.05) is 25.8 Å². The zero-order chi connectivity index (χ0) is 16.9. The van der Waals surface area contributed by atoms with Crippen molar-refractivity contribution in [1.82, 2.24) is 5.32 Å². The molecule has 0 heterocycles. The first kappa shape index (κ1) is 18.2. The predicted octanol–water partition coefficient (Wildman–Crippen LogP) is 1.77. The lowest BCUT2D eigenvalue weighted by Gasteiger charge is -2.15. The number of unbranched alkanes of at least 4 members (excludes halogenated alkanes) is 1. The monoisotopic (exact) mass is 327 g/mol. The van der Waals surface area contributed by atoms with E-state index in [2.05, 4.69) is 5.32 Å². The van der Waals surface area contributed by atoms with Crippen molar-refractivity contribution in [3.8, 4) is 0 Å². The topological polar surface area (TPSA) is 101 Å². The highest BCUT2D eigenvalue weighted by molar-refractivity contribution is 7.90.